The van der Waals surface area contributed by atoms with Crippen molar-refractivity contribution in [1.29, 1.82) is 0 Å². The van der Waals surface area contributed by atoms with E-state index in [1.807, 2.05) is 42.5 Å². The molecule has 2 aliphatic heterocycles. The summed E-state index contributed by atoms with van der Waals surface area (Å²) in [5.41, 5.74) is 4.64. The van der Waals surface area contributed by atoms with Crippen LogP contribution in [0.1, 0.15) is 79.2 Å². The third-order valence-electron chi connectivity index (χ3n) is 10.6. The molecular weight excluding hydrogens is 600 g/mol. The van der Waals surface area contributed by atoms with E-state index in [0.717, 1.165) is 74.5 Å². The van der Waals surface area contributed by atoms with Gasteiger partial charge in [-0.15, -0.1) is 0 Å². The van der Waals surface area contributed by atoms with Crippen molar-refractivity contribution >= 4 is 23.6 Å². The summed E-state index contributed by atoms with van der Waals surface area (Å²) in [6.07, 6.45) is 14.2. The predicted octanol–water partition coefficient (Wildman–Crippen LogP) is 5.82. The number of likely N-dealkylation sites (tertiary alicyclic amines) is 1. The van der Waals surface area contributed by atoms with Crippen LogP contribution in [0, 0.1) is 12.8 Å². The molecule has 2 aromatic heterocycles. The Labute approximate surface area is 276 Å². The van der Waals surface area contributed by atoms with Crippen molar-refractivity contribution in [2.75, 3.05) is 32.7 Å². The fourth-order valence-corrected chi connectivity index (χ4v) is 8.31. The number of piperazine rings is 1. The summed E-state index contributed by atoms with van der Waals surface area (Å²) in [5.74, 6) is 1.34. The Hall–Kier alpha value is -3.43. The van der Waals surface area contributed by atoms with Crippen LogP contribution in [0.4, 0.5) is 4.79 Å². The lowest BCUT2D eigenvalue weighted by molar-refractivity contribution is -0.141. The Morgan fingerprint density at radius 1 is 0.935 bits per heavy atom. The zero-order valence-corrected chi connectivity index (χ0v) is 27.6. The molecule has 10 heteroatoms. The Morgan fingerprint density at radius 3 is 2.61 bits per heavy atom. The van der Waals surface area contributed by atoms with Gasteiger partial charge in [0.2, 0.25) is 5.91 Å². The van der Waals surface area contributed by atoms with Gasteiger partial charge in [-0.3, -0.25) is 19.6 Å². The molecule has 2 saturated heterocycles. The van der Waals surface area contributed by atoms with Gasteiger partial charge in [0.25, 0.3) is 0 Å². The van der Waals surface area contributed by atoms with E-state index in [1.165, 1.54) is 23.1 Å². The van der Waals surface area contributed by atoms with E-state index in [0.29, 0.717) is 38.6 Å². The minimum atomic E-state index is -0.635. The van der Waals surface area contributed by atoms with E-state index in [4.69, 9.17) is 21.3 Å². The van der Waals surface area contributed by atoms with Gasteiger partial charge in [-0.2, -0.15) is 0 Å². The van der Waals surface area contributed by atoms with Crippen LogP contribution in [0.5, 0.6) is 0 Å². The molecule has 3 atom stereocenters. The normalized spacial score (nSPS) is 24.2. The highest BCUT2D eigenvalue weighted by atomic mass is 35.5. The van der Waals surface area contributed by atoms with Crippen LogP contribution < -0.4 is 0 Å². The number of rotatable bonds is 5. The molecule has 7 rings (SSSR count). The lowest BCUT2D eigenvalue weighted by Crippen LogP contribution is -2.62. The highest BCUT2D eigenvalue weighted by Crippen LogP contribution is 2.38. The van der Waals surface area contributed by atoms with Crippen LogP contribution in [0.15, 0.2) is 48.9 Å². The molecule has 4 aliphatic rings. The molecule has 0 N–H and O–H groups in total. The maximum Gasteiger partial charge on any atom is 0.410 e. The summed E-state index contributed by atoms with van der Waals surface area (Å²) in [6, 6.07) is 9.56. The fraction of sp³-hybridized carbons (Fsp3) is 0.556. The van der Waals surface area contributed by atoms with Crippen LogP contribution in [0.25, 0.3) is 0 Å². The second-order valence-corrected chi connectivity index (χ2v) is 14.0. The first-order chi connectivity index (χ1) is 22.4. The molecule has 2 amide bonds. The number of halogens is 1. The molecular formula is C36H45ClN6O3. The number of aromatic nitrogens is 3. The van der Waals surface area contributed by atoms with Crippen molar-refractivity contribution in [2.24, 2.45) is 5.92 Å². The zero-order valence-electron chi connectivity index (χ0n) is 26.8. The number of piperidine rings is 1. The van der Waals surface area contributed by atoms with Crippen molar-refractivity contribution < 1.29 is 14.3 Å². The van der Waals surface area contributed by atoms with Gasteiger partial charge < -0.3 is 14.2 Å². The highest BCUT2D eigenvalue weighted by Gasteiger charge is 2.43. The van der Waals surface area contributed by atoms with Gasteiger partial charge in [0, 0.05) is 62.9 Å². The number of carbonyl (C=O) groups is 2. The molecule has 1 saturated carbocycles. The number of hydrogen-bond acceptors (Lipinski definition) is 6. The minimum absolute atomic E-state index is 0.0172. The summed E-state index contributed by atoms with van der Waals surface area (Å²) >= 11 is 6.48. The number of fused-ring (bicyclic) bond motifs is 2. The third-order valence-corrected chi connectivity index (χ3v) is 10.8. The van der Waals surface area contributed by atoms with Gasteiger partial charge >= 0.3 is 6.09 Å². The summed E-state index contributed by atoms with van der Waals surface area (Å²) < 4.78 is 8.27. The number of ether oxygens (including phenoxy) is 1. The first-order valence-electron chi connectivity index (χ1n) is 17.1. The fourth-order valence-electron chi connectivity index (χ4n) is 8.11. The van der Waals surface area contributed by atoms with Crippen LogP contribution in [-0.4, -0.2) is 86.1 Å². The molecule has 244 valence electrons. The first kappa shape index (κ1) is 31.2. The summed E-state index contributed by atoms with van der Waals surface area (Å²) in [6.45, 7) is 5.70. The largest absolute Gasteiger partial charge is 0.446 e. The molecule has 9 nitrogen and oxygen atoms in total. The molecule has 1 aromatic carbocycles. The van der Waals surface area contributed by atoms with Gasteiger partial charge in [0.1, 0.15) is 18.0 Å². The van der Waals surface area contributed by atoms with Gasteiger partial charge in [-0.05, 0) is 99.1 Å². The number of nitrogens with zero attached hydrogens (tertiary/aromatic N) is 6. The Bertz CT molecular complexity index is 1550. The van der Waals surface area contributed by atoms with E-state index in [9.17, 15) is 9.59 Å². The van der Waals surface area contributed by atoms with E-state index < -0.39 is 6.04 Å². The van der Waals surface area contributed by atoms with Gasteiger partial charge in [0.15, 0.2) is 0 Å². The number of hydrogen-bond donors (Lipinski definition) is 0. The maximum atomic E-state index is 14.6. The van der Waals surface area contributed by atoms with Crippen molar-refractivity contribution in [3.63, 3.8) is 0 Å². The number of imidazole rings is 1. The van der Waals surface area contributed by atoms with Gasteiger partial charge in [0.05, 0.1) is 11.7 Å². The smallest absolute Gasteiger partial charge is 0.410 e. The van der Waals surface area contributed by atoms with Crippen molar-refractivity contribution in [3.05, 3.63) is 82.2 Å². The predicted molar refractivity (Wildman–Crippen MR) is 177 cm³/mol. The average Bonchev–Trinajstić information content (AvgIpc) is 3.40. The van der Waals surface area contributed by atoms with Crippen molar-refractivity contribution in [3.8, 4) is 0 Å². The minimum Gasteiger partial charge on any atom is -0.446 e. The Kier molecular flexibility index (Phi) is 9.31. The number of amides is 2. The highest BCUT2D eigenvalue weighted by molar-refractivity contribution is 6.30. The number of carbonyl (C=O) groups excluding carboxylic acids is 2. The molecule has 3 fully saturated rings. The summed E-state index contributed by atoms with van der Waals surface area (Å²) in [5, 5.41) is 0.727. The van der Waals surface area contributed by atoms with Crippen molar-refractivity contribution in [1.82, 2.24) is 29.2 Å². The molecule has 0 bridgehead atoms. The molecule has 1 unspecified atom stereocenters. The lowest BCUT2D eigenvalue weighted by atomic mass is 9.94. The van der Waals surface area contributed by atoms with Crippen LogP contribution in [0.2, 0.25) is 5.02 Å². The molecule has 0 radical (unpaired) electrons. The number of pyridine rings is 1. The second-order valence-electron chi connectivity index (χ2n) is 13.6. The average molecular weight is 645 g/mol. The second kappa shape index (κ2) is 13.7. The monoisotopic (exact) mass is 644 g/mol. The summed E-state index contributed by atoms with van der Waals surface area (Å²) in [4.78, 5) is 43.8. The van der Waals surface area contributed by atoms with Gasteiger partial charge in [-0.1, -0.05) is 30.2 Å². The van der Waals surface area contributed by atoms with E-state index in [-0.39, 0.29) is 24.1 Å². The van der Waals surface area contributed by atoms with E-state index >= 15 is 0 Å². The lowest BCUT2D eigenvalue weighted by Gasteiger charge is -2.45. The SMILES string of the molecule is Cc1nccn1C[C@H]1CCCN(C(=O)[C@H]2CN(C3c4ccc(Cl)cc4CCc4cccnc43)CCN2C(=O)OC2CCCCC2)C1. The molecule has 4 heterocycles. The van der Waals surface area contributed by atoms with E-state index in [2.05, 4.69) is 32.7 Å². The maximum absolute atomic E-state index is 14.6. The molecule has 46 heavy (non-hydrogen) atoms. The van der Waals surface area contributed by atoms with E-state index in [1.54, 1.807) is 4.90 Å². The zero-order chi connectivity index (χ0) is 31.6. The Balaban J connectivity index is 1.18. The van der Waals surface area contributed by atoms with Crippen molar-refractivity contribution in [2.45, 2.75) is 89.4 Å². The molecule has 0 spiro atoms. The standard InChI is InChI=1S/C36H45ClN6O3/c1-25-38-16-18-40(25)22-26-7-6-17-42(23-26)35(44)32-24-41(19-20-43(32)36(45)46-30-9-3-2-4-10-30)34-31-14-13-29(37)21-28(31)12-11-27-8-5-15-39-33(27)34/h5,8,13-16,18,21,26,30,32,34H,2-4,6-7,9-12,17,19-20,22-24H2,1H3/t26-,32-,34?/m1/s1. The summed E-state index contributed by atoms with van der Waals surface area (Å²) in [7, 11) is 0. The van der Waals surface area contributed by atoms with Gasteiger partial charge in [-0.25, -0.2) is 9.78 Å². The molecule has 2 aliphatic carbocycles. The van der Waals surface area contributed by atoms with Crippen LogP contribution >= 0.6 is 11.6 Å². The van der Waals surface area contributed by atoms with Crippen LogP contribution in [0.3, 0.4) is 0 Å². The topological polar surface area (TPSA) is 83.8 Å². The number of aryl methyl sites for hydroxylation is 3. The number of benzene rings is 1. The van der Waals surface area contributed by atoms with Crippen LogP contribution in [-0.2, 0) is 28.9 Å². The Morgan fingerprint density at radius 2 is 1.78 bits per heavy atom. The first-order valence-corrected chi connectivity index (χ1v) is 17.5. The molecule has 3 aromatic rings. The third kappa shape index (κ3) is 6.54. The quantitative estimate of drug-likeness (QED) is 0.348.